The van der Waals surface area contributed by atoms with Crippen LogP contribution < -0.4 is 10.6 Å². The van der Waals surface area contributed by atoms with Crippen molar-refractivity contribution in [2.75, 3.05) is 12.4 Å². The van der Waals surface area contributed by atoms with Crippen molar-refractivity contribution in [3.63, 3.8) is 0 Å². The maximum absolute atomic E-state index is 12.7. The zero-order valence-corrected chi connectivity index (χ0v) is 12.6. The SMILES string of the molecule is CNc1ccc2c(c1)C(=O)N([C@H]1CCC[C@@H](NC(=O)O)C1)C2. The van der Waals surface area contributed by atoms with Gasteiger partial charge in [-0.3, -0.25) is 4.79 Å². The van der Waals surface area contributed by atoms with Crippen LogP contribution in [0.15, 0.2) is 18.2 Å². The Morgan fingerprint density at radius 1 is 1.36 bits per heavy atom. The van der Waals surface area contributed by atoms with Gasteiger partial charge in [-0.1, -0.05) is 6.07 Å². The molecule has 2 amide bonds. The normalized spacial score (nSPS) is 24.0. The highest BCUT2D eigenvalue weighted by molar-refractivity contribution is 5.99. The third-order valence-corrected chi connectivity index (χ3v) is 4.65. The zero-order valence-electron chi connectivity index (χ0n) is 12.6. The van der Waals surface area contributed by atoms with Crippen LogP contribution in [0.3, 0.4) is 0 Å². The molecule has 0 unspecified atom stereocenters. The second-order valence-electron chi connectivity index (χ2n) is 6.02. The van der Waals surface area contributed by atoms with Gasteiger partial charge in [-0.2, -0.15) is 0 Å². The minimum absolute atomic E-state index is 0.0550. The van der Waals surface area contributed by atoms with Crippen LogP contribution in [-0.4, -0.2) is 41.1 Å². The van der Waals surface area contributed by atoms with Crippen LogP contribution in [0.5, 0.6) is 0 Å². The molecule has 1 aliphatic carbocycles. The van der Waals surface area contributed by atoms with Gasteiger partial charge in [0.2, 0.25) is 0 Å². The van der Waals surface area contributed by atoms with Crippen molar-refractivity contribution in [3.8, 4) is 0 Å². The van der Waals surface area contributed by atoms with Crippen LogP contribution in [0.4, 0.5) is 10.5 Å². The monoisotopic (exact) mass is 303 g/mol. The second-order valence-corrected chi connectivity index (χ2v) is 6.02. The lowest BCUT2D eigenvalue weighted by Crippen LogP contribution is -2.45. The molecule has 2 aliphatic rings. The van der Waals surface area contributed by atoms with Gasteiger partial charge >= 0.3 is 6.09 Å². The van der Waals surface area contributed by atoms with E-state index < -0.39 is 6.09 Å². The van der Waals surface area contributed by atoms with E-state index in [2.05, 4.69) is 10.6 Å². The Kier molecular flexibility index (Phi) is 3.92. The minimum Gasteiger partial charge on any atom is -0.465 e. The number of nitrogens with one attached hydrogen (secondary N) is 2. The third kappa shape index (κ3) is 2.73. The molecule has 22 heavy (non-hydrogen) atoms. The summed E-state index contributed by atoms with van der Waals surface area (Å²) >= 11 is 0. The van der Waals surface area contributed by atoms with Crippen LogP contribution in [0.1, 0.15) is 41.6 Å². The lowest BCUT2D eigenvalue weighted by Gasteiger charge is -2.35. The number of hydrogen-bond donors (Lipinski definition) is 3. The number of carboxylic acid groups (broad SMARTS) is 1. The van der Waals surface area contributed by atoms with Crippen LogP contribution in [0, 0.1) is 0 Å². The third-order valence-electron chi connectivity index (χ3n) is 4.65. The maximum atomic E-state index is 12.7. The highest BCUT2D eigenvalue weighted by atomic mass is 16.4. The summed E-state index contributed by atoms with van der Waals surface area (Å²) in [5, 5.41) is 14.5. The van der Waals surface area contributed by atoms with Crippen molar-refractivity contribution in [2.45, 2.75) is 44.3 Å². The van der Waals surface area contributed by atoms with Crippen LogP contribution >= 0.6 is 0 Å². The fraction of sp³-hybridized carbons (Fsp3) is 0.500. The highest BCUT2D eigenvalue weighted by Gasteiger charge is 2.35. The number of rotatable bonds is 3. The molecule has 1 heterocycles. The van der Waals surface area contributed by atoms with Crippen molar-refractivity contribution in [3.05, 3.63) is 29.3 Å². The number of hydrogen-bond acceptors (Lipinski definition) is 3. The van der Waals surface area contributed by atoms with Gasteiger partial charge in [0.1, 0.15) is 0 Å². The second kappa shape index (κ2) is 5.87. The van der Waals surface area contributed by atoms with Gasteiger partial charge in [-0.25, -0.2) is 4.79 Å². The van der Waals surface area contributed by atoms with E-state index in [0.717, 1.165) is 36.1 Å². The Bertz CT molecular complexity index is 602. The Morgan fingerprint density at radius 3 is 2.91 bits per heavy atom. The number of nitrogens with zero attached hydrogens (tertiary/aromatic N) is 1. The first-order valence-corrected chi connectivity index (χ1v) is 7.69. The summed E-state index contributed by atoms with van der Waals surface area (Å²) in [6.45, 7) is 0.628. The number of fused-ring (bicyclic) bond motifs is 1. The van der Waals surface area contributed by atoms with Crippen LogP contribution in [0.25, 0.3) is 0 Å². The van der Waals surface area contributed by atoms with Gasteiger partial charge in [-0.05, 0) is 43.4 Å². The smallest absolute Gasteiger partial charge is 0.404 e. The average Bonchev–Trinajstić information content (AvgIpc) is 2.83. The van der Waals surface area contributed by atoms with Crippen LogP contribution in [-0.2, 0) is 6.54 Å². The first kappa shape index (κ1) is 14.7. The number of anilines is 1. The van der Waals surface area contributed by atoms with E-state index in [1.54, 1.807) is 0 Å². The van der Waals surface area contributed by atoms with Gasteiger partial charge in [0.05, 0.1) is 0 Å². The predicted molar refractivity (Wildman–Crippen MR) is 83.1 cm³/mol. The molecule has 0 saturated heterocycles. The van der Waals surface area contributed by atoms with E-state index in [1.165, 1.54) is 0 Å². The minimum atomic E-state index is -0.986. The molecule has 3 N–H and O–H groups in total. The van der Waals surface area contributed by atoms with Crippen molar-refractivity contribution in [2.24, 2.45) is 0 Å². The fourth-order valence-corrected chi connectivity index (χ4v) is 3.53. The van der Waals surface area contributed by atoms with E-state index >= 15 is 0 Å². The summed E-state index contributed by atoms with van der Waals surface area (Å²) in [6.07, 6.45) is 2.45. The van der Waals surface area contributed by atoms with E-state index in [4.69, 9.17) is 5.11 Å². The summed E-state index contributed by atoms with van der Waals surface area (Å²) in [5.74, 6) is 0.0630. The number of amides is 2. The van der Waals surface area contributed by atoms with Gasteiger partial charge in [-0.15, -0.1) is 0 Å². The van der Waals surface area contributed by atoms with Crippen LogP contribution in [0.2, 0.25) is 0 Å². The van der Waals surface area contributed by atoms with Crippen molar-refractivity contribution >= 4 is 17.7 Å². The van der Waals surface area contributed by atoms with Gasteiger partial charge in [0, 0.05) is 36.9 Å². The Hall–Kier alpha value is -2.24. The molecule has 0 aromatic heterocycles. The Balaban J connectivity index is 1.74. The maximum Gasteiger partial charge on any atom is 0.404 e. The standard InChI is InChI=1S/C16H21N3O3/c1-17-11-6-5-10-9-19(15(20)14(10)8-11)13-4-2-3-12(7-13)18-16(21)22/h5-6,8,12-13,17-18H,2-4,7,9H2,1H3,(H,21,22)/t12-,13+/m1/s1. The molecular formula is C16H21N3O3. The van der Waals surface area contributed by atoms with Gasteiger partial charge in [0.15, 0.2) is 0 Å². The topological polar surface area (TPSA) is 81.7 Å². The van der Waals surface area contributed by atoms with E-state index in [1.807, 2.05) is 30.1 Å². The first-order valence-electron chi connectivity index (χ1n) is 7.69. The molecule has 6 nitrogen and oxygen atoms in total. The van der Waals surface area contributed by atoms with Crippen molar-refractivity contribution in [1.82, 2.24) is 10.2 Å². The Morgan fingerprint density at radius 2 is 2.18 bits per heavy atom. The molecule has 0 radical (unpaired) electrons. The van der Waals surface area contributed by atoms with E-state index in [0.29, 0.717) is 13.0 Å². The lowest BCUT2D eigenvalue weighted by atomic mass is 9.90. The fourth-order valence-electron chi connectivity index (χ4n) is 3.53. The molecule has 0 bridgehead atoms. The lowest BCUT2D eigenvalue weighted by molar-refractivity contribution is 0.0641. The summed E-state index contributed by atoms with van der Waals surface area (Å²) in [7, 11) is 1.84. The van der Waals surface area contributed by atoms with Gasteiger partial charge < -0.3 is 20.6 Å². The summed E-state index contributed by atoms with van der Waals surface area (Å²) in [4.78, 5) is 25.4. The highest BCUT2D eigenvalue weighted by Crippen LogP contribution is 2.32. The molecule has 1 aromatic carbocycles. The van der Waals surface area contributed by atoms with E-state index in [-0.39, 0.29) is 18.0 Å². The summed E-state index contributed by atoms with van der Waals surface area (Å²) < 4.78 is 0. The molecule has 118 valence electrons. The van der Waals surface area contributed by atoms with E-state index in [9.17, 15) is 9.59 Å². The molecule has 1 fully saturated rings. The van der Waals surface area contributed by atoms with Gasteiger partial charge in [0.25, 0.3) is 5.91 Å². The number of benzene rings is 1. The predicted octanol–water partition coefficient (Wildman–Crippen LogP) is 2.26. The number of carbonyl (C=O) groups is 2. The molecular weight excluding hydrogens is 282 g/mol. The summed E-state index contributed by atoms with van der Waals surface area (Å²) in [6, 6.07) is 5.93. The molecule has 1 aromatic rings. The summed E-state index contributed by atoms with van der Waals surface area (Å²) in [5.41, 5.74) is 2.75. The van der Waals surface area contributed by atoms with Crippen molar-refractivity contribution in [1.29, 1.82) is 0 Å². The largest absolute Gasteiger partial charge is 0.465 e. The Labute approximate surface area is 129 Å². The van der Waals surface area contributed by atoms with Crippen molar-refractivity contribution < 1.29 is 14.7 Å². The molecule has 2 atom stereocenters. The molecule has 6 heteroatoms. The molecule has 3 rings (SSSR count). The zero-order chi connectivity index (χ0) is 15.7. The molecule has 1 aliphatic heterocycles. The average molecular weight is 303 g/mol. The molecule has 1 saturated carbocycles. The first-order chi connectivity index (χ1) is 10.6. The number of carbonyl (C=O) groups excluding carboxylic acids is 1. The molecule has 0 spiro atoms. The quantitative estimate of drug-likeness (QED) is 0.800.